The molecule has 106 valence electrons. The average Bonchev–Trinajstić information content (AvgIpc) is 2.86. The number of amides is 1. The Morgan fingerprint density at radius 3 is 3.16 bits per heavy atom. The molecule has 1 fully saturated rings. The van der Waals surface area contributed by atoms with Crippen molar-refractivity contribution in [2.75, 3.05) is 20.8 Å². The van der Waals surface area contributed by atoms with Crippen LogP contribution in [0, 0.1) is 0 Å². The number of methoxy groups -OCH3 is 1. The minimum absolute atomic E-state index is 0.0441. The van der Waals surface area contributed by atoms with Crippen LogP contribution >= 0.6 is 0 Å². The van der Waals surface area contributed by atoms with E-state index in [9.17, 15) is 4.79 Å². The summed E-state index contributed by atoms with van der Waals surface area (Å²) in [6.45, 7) is 1.67. The maximum Gasteiger partial charge on any atom is 0.251 e. The van der Waals surface area contributed by atoms with E-state index in [0.29, 0.717) is 19.8 Å². The van der Waals surface area contributed by atoms with Gasteiger partial charge in [-0.15, -0.1) is 0 Å². The Morgan fingerprint density at radius 2 is 2.47 bits per heavy atom. The van der Waals surface area contributed by atoms with Gasteiger partial charge in [-0.25, -0.2) is 0 Å². The number of aromatic amines is 1. The van der Waals surface area contributed by atoms with Gasteiger partial charge >= 0.3 is 0 Å². The molecule has 1 amide bonds. The fourth-order valence-corrected chi connectivity index (χ4v) is 2.23. The summed E-state index contributed by atoms with van der Waals surface area (Å²) < 4.78 is 10.5. The monoisotopic (exact) mass is 267 g/mol. The van der Waals surface area contributed by atoms with Crippen LogP contribution in [0.5, 0.6) is 0 Å². The number of carbonyl (C=O) groups is 1. The molecule has 0 unspecified atom stereocenters. The van der Waals surface area contributed by atoms with Crippen LogP contribution in [0.15, 0.2) is 6.07 Å². The van der Waals surface area contributed by atoms with Crippen LogP contribution in [0.25, 0.3) is 0 Å². The van der Waals surface area contributed by atoms with Crippen molar-refractivity contribution in [1.82, 2.24) is 15.1 Å². The number of likely N-dealkylation sites (N-methyl/N-ethyl adjacent to an activating group) is 1. The number of hydrogen-bond donors (Lipinski definition) is 1. The minimum atomic E-state index is -0.278. The lowest BCUT2D eigenvalue weighted by molar-refractivity contribution is -0.145. The van der Waals surface area contributed by atoms with Gasteiger partial charge in [-0.3, -0.25) is 9.89 Å². The zero-order valence-corrected chi connectivity index (χ0v) is 11.5. The maximum atomic E-state index is 12.2. The molecule has 0 radical (unpaired) electrons. The summed E-state index contributed by atoms with van der Waals surface area (Å²) in [6, 6.07) is 1.91. The molecule has 0 aliphatic carbocycles. The molecule has 6 heteroatoms. The van der Waals surface area contributed by atoms with Crippen LogP contribution in [0.1, 0.15) is 30.7 Å². The lowest BCUT2D eigenvalue weighted by Crippen LogP contribution is -2.39. The summed E-state index contributed by atoms with van der Waals surface area (Å²) in [4.78, 5) is 13.9. The van der Waals surface area contributed by atoms with Crippen LogP contribution < -0.4 is 0 Å². The third-order valence-electron chi connectivity index (χ3n) is 3.22. The lowest BCUT2D eigenvalue weighted by atomic mass is 10.1. The van der Waals surface area contributed by atoms with Crippen molar-refractivity contribution in [3.05, 3.63) is 17.5 Å². The first-order valence-electron chi connectivity index (χ1n) is 6.59. The first kappa shape index (κ1) is 14.0. The van der Waals surface area contributed by atoms with Gasteiger partial charge in [0.25, 0.3) is 5.91 Å². The second-order valence-electron chi connectivity index (χ2n) is 4.87. The summed E-state index contributed by atoms with van der Waals surface area (Å²) in [5.41, 5.74) is 1.74. The molecule has 1 aliphatic rings. The Bertz CT molecular complexity index is 413. The fraction of sp³-hybridized carbons (Fsp3) is 0.692. The van der Waals surface area contributed by atoms with Crippen molar-refractivity contribution in [2.45, 2.75) is 38.5 Å². The highest BCUT2D eigenvalue weighted by Crippen LogP contribution is 2.15. The van der Waals surface area contributed by atoms with Crippen molar-refractivity contribution in [3.63, 3.8) is 0 Å². The minimum Gasteiger partial charge on any atom is -0.378 e. The molecule has 1 aromatic rings. The van der Waals surface area contributed by atoms with E-state index in [4.69, 9.17) is 9.47 Å². The van der Waals surface area contributed by atoms with E-state index in [-0.39, 0.29) is 12.0 Å². The van der Waals surface area contributed by atoms with E-state index in [2.05, 4.69) is 10.2 Å². The SMILES string of the molecule is COCc1cc(CN(C)C(=O)[C@@H]2CCCCO2)[nH]n1. The summed E-state index contributed by atoms with van der Waals surface area (Å²) >= 11 is 0. The van der Waals surface area contributed by atoms with Crippen LogP contribution in [0.4, 0.5) is 0 Å². The Kier molecular flexibility index (Phi) is 4.93. The molecule has 19 heavy (non-hydrogen) atoms. The smallest absolute Gasteiger partial charge is 0.251 e. The van der Waals surface area contributed by atoms with E-state index < -0.39 is 0 Å². The first-order valence-corrected chi connectivity index (χ1v) is 6.59. The molecule has 1 aromatic heterocycles. The highest BCUT2D eigenvalue weighted by atomic mass is 16.5. The van der Waals surface area contributed by atoms with Crippen molar-refractivity contribution in [2.24, 2.45) is 0 Å². The van der Waals surface area contributed by atoms with Gasteiger partial charge in [0, 0.05) is 20.8 Å². The van der Waals surface area contributed by atoms with Crippen LogP contribution in [-0.4, -0.2) is 47.9 Å². The molecule has 0 spiro atoms. The molecular formula is C13H21N3O3. The number of hydrogen-bond acceptors (Lipinski definition) is 4. The van der Waals surface area contributed by atoms with Crippen LogP contribution in [0.3, 0.4) is 0 Å². The number of nitrogens with zero attached hydrogens (tertiary/aromatic N) is 2. The Balaban J connectivity index is 1.88. The van der Waals surface area contributed by atoms with Gasteiger partial charge in [-0.1, -0.05) is 0 Å². The van der Waals surface area contributed by atoms with Gasteiger partial charge in [-0.05, 0) is 25.3 Å². The number of carbonyl (C=O) groups excluding carboxylic acids is 1. The van der Waals surface area contributed by atoms with Crippen molar-refractivity contribution in [3.8, 4) is 0 Å². The zero-order chi connectivity index (χ0) is 13.7. The number of H-pyrrole nitrogens is 1. The predicted octanol–water partition coefficient (Wildman–Crippen LogP) is 1.08. The zero-order valence-electron chi connectivity index (χ0n) is 11.5. The van der Waals surface area contributed by atoms with Gasteiger partial charge in [0.1, 0.15) is 6.10 Å². The second kappa shape index (κ2) is 6.68. The number of rotatable bonds is 5. The van der Waals surface area contributed by atoms with Crippen LogP contribution in [-0.2, 0) is 27.4 Å². The third kappa shape index (κ3) is 3.78. The molecular weight excluding hydrogens is 246 g/mol. The Hall–Kier alpha value is -1.40. The third-order valence-corrected chi connectivity index (χ3v) is 3.22. The molecule has 1 N–H and O–H groups in total. The molecule has 2 heterocycles. The van der Waals surface area contributed by atoms with Gasteiger partial charge in [0.15, 0.2) is 0 Å². The summed E-state index contributed by atoms with van der Waals surface area (Å²) in [5.74, 6) is 0.0441. The van der Waals surface area contributed by atoms with Gasteiger partial charge in [0.05, 0.1) is 24.5 Å². The van der Waals surface area contributed by atoms with Crippen LogP contribution in [0.2, 0.25) is 0 Å². The molecule has 0 saturated carbocycles. The highest BCUT2D eigenvalue weighted by molar-refractivity contribution is 5.80. The summed E-state index contributed by atoms with van der Waals surface area (Å²) in [5, 5.41) is 7.03. The van der Waals surface area contributed by atoms with Crippen molar-refractivity contribution in [1.29, 1.82) is 0 Å². The topological polar surface area (TPSA) is 67.4 Å². The molecule has 0 bridgehead atoms. The standard InChI is InChI=1S/C13H21N3O3/c1-16(13(17)12-5-3-4-6-19-12)8-10-7-11(9-18-2)15-14-10/h7,12H,3-6,8-9H2,1-2H3,(H,14,15)/t12-/m0/s1. The number of nitrogens with one attached hydrogen (secondary N) is 1. The normalized spacial score (nSPS) is 19.4. The van der Waals surface area contributed by atoms with E-state index in [1.807, 2.05) is 6.07 Å². The molecule has 6 nitrogen and oxygen atoms in total. The number of ether oxygens (including phenoxy) is 2. The van der Waals surface area contributed by atoms with E-state index in [1.165, 1.54) is 0 Å². The van der Waals surface area contributed by atoms with E-state index in [1.54, 1.807) is 19.1 Å². The Labute approximate surface area is 113 Å². The Morgan fingerprint density at radius 1 is 1.63 bits per heavy atom. The molecule has 1 saturated heterocycles. The summed E-state index contributed by atoms with van der Waals surface area (Å²) in [7, 11) is 3.42. The maximum absolute atomic E-state index is 12.2. The summed E-state index contributed by atoms with van der Waals surface area (Å²) in [6.07, 6.45) is 2.65. The van der Waals surface area contributed by atoms with Gasteiger partial charge in [0.2, 0.25) is 0 Å². The van der Waals surface area contributed by atoms with Crippen molar-refractivity contribution >= 4 is 5.91 Å². The average molecular weight is 267 g/mol. The lowest BCUT2D eigenvalue weighted by Gasteiger charge is -2.26. The van der Waals surface area contributed by atoms with Gasteiger partial charge < -0.3 is 14.4 Å². The largest absolute Gasteiger partial charge is 0.378 e. The molecule has 0 aromatic carbocycles. The van der Waals surface area contributed by atoms with Gasteiger partial charge in [-0.2, -0.15) is 5.10 Å². The molecule has 2 rings (SSSR count). The highest BCUT2D eigenvalue weighted by Gasteiger charge is 2.25. The number of aromatic nitrogens is 2. The van der Waals surface area contributed by atoms with E-state index in [0.717, 1.165) is 30.7 Å². The quantitative estimate of drug-likeness (QED) is 0.867. The fourth-order valence-electron chi connectivity index (χ4n) is 2.23. The van der Waals surface area contributed by atoms with Crippen molar-refractivity contribution < 1.29 is 14.3 Å². The first-order chi connectivity index (χ1) is 9.20. The predicted molar refractivity (Wildman–Crippen MR) is 69.4 cm³/mol. The molecule has 1 atom stereocenters. The molecule has 1 aliphatic heterocycles. The second-order valence-corrected chi connectivity index (χ2v) is 4.87. The van der Waals surface area contributed by atoms with E-state index >= 15 is 0 Å².